The molecule has 0 unspecified atom stereocenters. The van der Waals surface area contributed by atoms with Crippen LogP contribution in [0.2, 0.25) is 0 Å². The molecule has 1 atom stereocenters. The fourth-order valence-corrected chi connectivity index (χ4v) is 4.61. The summed E-state index contributed by atoms with van der Waals surface area (Å²) in [6.07, 6.45) is 0.900. The molecule has 32 heavy (non-hydrogen) atoms. The summed E-state index contributed by atoms with van der Waals surface area (Å²) in [7, 11) is 1.57. The Hall–Kier alpha value is -3.45. The Morgan fingerprint density at radius 3 is 2.62 bits per heavy atom. The number of anilines is 1. The fourth-order valence-electron chi connectivity index (χ4n) is 3.48. The largest absolute Gasteiger partial charge is 0.497 e. The van der Waals surface area contributed by atoms with Crippen LogP contribution >= 0.6 is 11.8 Å². The van der Waals surface area contributed by atoms with E-state index in [1.54, 1.807) is 55.6 Å². The van der Waals surface area contributed by atoms with E-state index in [0.29, 0.717) is 22.7 Å². The zero-order valence-electron chi connectivity index (χ0n) is 17.7. The summed E-state index contributed by atoms with van der Waals surface area (Å²) in [5.74, 6) is 1.75. The van der Waals surface area contributed by atoms with E-state index in [9.17, 15) is 9.59 Å². The number of amides is 2. The van der Waals surface area contributed by atoms with Gasteiger partial charge in [-0.15, -0.1) is 11.8 Å². The minimum absolute atomic E-state index is 0.0104. The Bertz CT molecular complexity index is 1100. The van der Waals surface area contributed by atoms with Crippen molar-refractivity contribution in [3.8, 4) is 11.5 Å². The summed E-state index contributed by atoms with van der Waals surface area (Å²) >= 11 is 1.82. The van der Waals surface area contributed by atoms with Crippen LogP contribution in [0.5, 0.6) is 11.5 Å². The number of nitrogens with one attached hydrogen (secondary N) is 2. The summed E-state index contributed by atoms with van der Waals surface area (Å²) in [4.78, 5) is 26.1. The van der Waals surface area contributed by atoms with Gasteiger partial charge in [-0.2, -0.15) is 0 Å². The van der Waals surface area contributed by atoms with Crippen LogP contribution in [0.3, 0.4) is 0 Å². The SMILES string of the molecule is COc1cccc(NC(=O)COc2ccc(C(=O)N[C@@H]3CCSc4ccccc43)cc2)c1. The predicted octanol–water partition coefficient (Wildman–Crippen LogP) is 4.68. The normalized spacial score (nSPS) is 14.7. The van der Waals surface area contributed by atoms with Crippen LogP contribution in [0.15, 0.2) is 77.7 Å². The molecule has 0 aromatic heterocycles. The van der Waals surface area contributed by atoms with Gasteiger partial charge in [0.2, 0.25) is 0 Å². The molecule has 7 heteroatoms. The molecule has 1 heterocycles. The molecule has 3 aromatic carbocycles. The molecular formula is C25H24N2O4S. The number of rotatable bonds is 7. The lowest BCUT2D eigenvalue weighted by Gasteiger charge is -2.25. The first-order valence-corrected chi connectivity index (χ1v) is 11.3. The number of ether oxygens (including phenoxy) is 2. The summed E-state index contributed by atoms with van der Waals surface area (Å²) in [6.45, 7) is -0.140. The Kier molecular flexibility index (Phi) is 6.97. The van der Waals surface area contributed by atoms with Crippen molar-refractivity contribution in [3.63, 3.8) is 0 Å². The van der Waals surface area contributed by atoms with Crippen molar-refractivity contribution in [2.75, 3.05) is 24.8 Å². The monoisotopic (exact) mass is 448 g/mol. The van der Waals surface area contributed by atoms with E-state index in [1.807, 2.05) is 23.9 Å². The molecule has 0 spiro atoms. The van der Waals surface area contributed by atoms with Gasteiger partial charge in [0.1, 0.15) is 11.5 Å². The third kappa shape index (κ3) is 5.42. The van der Waals surface area contributed by atoms with Crippen molar-refractivity contribution < 1.29 is 19.1 Å². The molecule has 0 fully saturated rings. The average molecular weight is 449 g/mol. The van der Waals surface area contributed by atoms with E-state index >= 15 is 0 Å². The number of hydrogen-bond donors (Lipinski definition) is 2. The number of hydrogen-bond acceptors (Lipinski definition) is 5. The molecular weight excluding hydrogens is 424 g/mol. The number of carbonyl (C=O) groups excluding carboxylic acids is 2. The molecule has 1 aliphatic rings. The third-order valence-electron chi connectivity index (χ3n) is 5.10. The standard InChI is InChI=1S/C25H24N2O4S/c1-30-20-6-4-5-18(15-20)26-24(28)16-31-19-11-9-17(10-12-19)25(29)27-22-13-14-32-23-8-3-2-7-21(22)23/h2-12,15,22H,13-14,16H2,1H3,(H,26,28)(H,27,29)/t22-/m1/s1. The Morgan fingerprint density at radius 1 is 1.00 bits per heavy atom. The van der Waals surface area contributed by atoms with E-state index < -0.39 is 0 Å². The van der Waals surface area contributed by atoms with Gasteiger partial charge in [0, 0.05) is 28.0 Å². The summed E-state index contributed by atoms with van der Waals surface area (Å²) in [5.41, 5.74) is 2.35. The van der Waals surface area contributed by atoms with Gasteiger partial charge in [-0.25, -0.2) is 0 Å². The van der Waals surface area contributed by atoms with Gasteiger partial charge in [-0.1, -0.05) is 24.3 Å². The topological polar surface area (TPSA) is 76.7 Å². The summed E-state index contributed by atoms with van der Waals surface area (Å²) in [6, 6.07) is 22.1. The van der Waals surface area contributed by atoms with Crippen LogP contribution in [-0.2, 0) is 4.79 Å². The molecule has 2 N–H and O–H groups in total. The van der Waals surface area contributed by atoms with Crippen molar-refractivity contribution in [2.45, 2.75) is 17.4 Å². The van der Waals surface area contributed by atoms with Gasteiger partial charge in [-0.3, -0.25) is 9.59 Å². The number of carbonyl (C=O) groups is 2. The molecule has 0 saturated heterocycles. The molecule has 0 saturated carbocycles. The molecule has 0 bridgehead atoms. The number of methoxy groups -OCH3 is 1. The highest BCUT2D eigenvalue weighted by molar-refractivity contribution is 7.99. The van der Waals surface area contributed by atoms with E-state index in [4.69, 9.17) is 9.47 Å². The first kappa shape index (κ1) is 21.8. The van der Waals surface area contributed by atoms with Gasteiger partial charge in [0.15, 0.2) is 6.61 Å². The fraction of sp³-hybridized carbons (Fsp3) is 0.200. The van der Waals surface area contributed by atoms with Crippen LogP contribution in [0.4, 0.5) is 5.69 Å². The Morgan fingerprint density at radius 2 is 1.81 bits per heavy atom. The highest BCUT2D eigenvalue weighted by Crippen LogP contribution is 2.35. The predicted molar refractivity (Wildman–Crippen MR) is 126 cm³/mol. The molecule has 0 aliphatic carbocycles. The Balaban J connectivity index is 1.30. The van der Waals surface area contributed by atoms with Crippen LogP contribution in [-0.4, -0.2) is 31.3 Å². The minimum Gasteiger partial charge on any atom is -0.497 e. The molecule has 0 radical (unpaired) electrons. The molecule has 2 amide bonds. The van der Waals surface area contributed by atoms with Crippen molar-refractivity contribution in [2.24, 2.45) is 0 Å². The van der Waals surface area contributed by atoms with Gasteiger partial charge >= 0.3 is 0 Å². The van der Waals surface area contributed by atoms with Crippen molar-refractivity contribution >= 4 is 29.3 Å². The van der Waals surface area contributed by atoms with Crippen molar-refractivity contribution in [1.29, 1.82) is 0 Å². The molecule has 4 rings (SSSR count). The highest BCUT2D eigenvalue weighted by Gasteiger charge is 2.22. The molecule has 3 aromatic rings. The van der Waals surface area contributed by atoms with E-state index in [0.717, 1.165) is 12.2 Å². The lowest BCUT2D eigenvalue weighted by Crippen LogP contribution is -2.30. The second-order valence-electron chi connectivity index (χ2n) is 7.29. The van der Waals surface area contributed by atoms with Gasteiger partial charge in [0.05, 0.1) is 13.2 Å². The van der Waals surface area contributed by atoms with E-state index in [2.05, 4.69) is 22.8 Å². The first-order chi connectivity index (χ1) is 15.6. The quantitative estimate of drug-likeness (QED) is 0.549. The lowest BCUT2D eigenvalue weighted by molar-refractivity contribution is -0.118. The number of benzene rings is 3. The first-order valence-electron chi connectivity index (χ1n) is 10.3. The van der Waals surface area contributed by atoms with Gasteiger partial charge < -0.3 is 20.1 Å². The molecule has 164 valence electrons. The second-order valence-corrected chi connectivity index (χ2v) is 8.43. The van der Waals surface area contributed by atoms with Crippen molar-refractivity contribution in [1.82, 2.24) is 5.32 Å². The number of thioether (sulfide) groups is 1. The maximum atomic E-state index is 12.7. The van der Waals surface area contributed by atoms with E-state index in [1.165, 1.54) is 10.5 Å². The zero-order chi connectivity index (χ0) is 22.3. The molecule has 1 aliphatic heterocycles. The van der Waals surface area contributed by atoms with Crippen molar-refractivity contribution in [3.05, 3.63) is 83.9 Å². The van der Waals surface area contributed by atoms with Gasteiger partial charge in [-0.05, 0) is 54.4 Å². The summed E-state index contributed by atoms with van der Waals surface area (Å²) < 4.78 is 10.7. The number of fused-ring (bicyclic) bond motifs is 1. The second kappa shape index (κ2) is 10.2. The maximum Gasteiger partial charge on any atom is 0.262 e. The maximum absolute atomic E-state index is 12.7. The minimum atomic E-state index is -0.283. The molecule has 6 nitrogen and oxygen atoms in total. The third-order valence-corrected chi connectivity index (χ3v) is 6.23. The van der Waals surface area contributed by atoms with Crippen LogP contribution in [0.25, 0.3) is 0 Å². The summed E-state index contributed by atoms with van der Waals surface area (Å²) in [5, 5.41) is 5.89. The Labute approximate surface area is 191 Å². The average Bonchev–Trinajstić information content (AvgIpc) is 2.83. The highest BCUT2D eigenvalue weighted by atomic mass is 32.2. The lowest BCUT2D eigenvalue weighted by atomic mass is 10.0. The van der Waals surface area contributed by atoms with Crippen LogP contribution in [0, 0.1) is 0 Å². The van der Waals surface area contributed by atoms with Crippen LogP contribution in [0.1, 0.15) is 28.4 Å². The van der Waals surface area contributed by atoms with E-state index in [-0.39, 0.29) is 24.5 Å². The van der Waals surface area contributed by atoms with Crippen LogP contribution < -0.4 is 20.1 Å². The smallest absolute Gasteiger partial charge is 0.262 e. The zero-order valence-corrected chi connectivity index (χ0v) is 18.5. The van der Waals surface area contributed by atoms with Gasteiger partial charge in [0.25, 0.3) is 11.8 Å².